The van der Waals surface area contributed by atoms with E-state index in [0.717, 1.165) is 0 Å². The van der Waals surface area contributed by atoms with Crippen molar-refractivity contribution in [1.82, 2.24) is 24.6 Å². The Morgan fingerprint density at radius 1 is 1.31 bits per heavy atom. The van der Waals surface area contributed by atoms with E-state index in [4.69, 9.17) is 25.8 Å². The van der Waals surface area contributed by atoms with Crippen LogP contribution in [0.1, 0.15) is 20.8 Å². The Morgan fingerprint density at radius 3 is 2.62 bits per heavy atom. The number of nitrogens with one attached hydrogen (secondary N) is 1. The number of aliphatic carboxylic acids is 1. The van der Waals surface area contributed by atoms with Crippen LogP contribution in [0.4, 0.5) is 5.82 Å². The lowest BCUT2D eigenvalue weighted by atomic mass is 10.4. The molecule has 0 radical (unpaired) electrons. The van der Waals surface area contributed by atoms with Crippen molar-refractivity contribution in [3.63, 3.8) is 0 Å². The molecule has 0 fully saturated rings. The summed E-state index contributed by atoms with van der Waals surface area (Å²) >= 11 is 0. The average Bonchev–Trinajstić information content (AvgIpc) is 3.04. The van der Waals surface area contributed by atoms with Crippen molar-refractivity contribution in [2.75, 3.05) is 12.1 Å². The van der Waals surface area contributed by atoms with E-state index >= 15 is 0 Å². The number of nitrogens with two attached hydrogens (primary N) is 2. The fourth-order valence-electron chi connectivity index (χ4n) is 2.26. The number of anilines is 1. The summed E-state index contributed by atoms with van der Waals surface area (Å²) in [6.07, 6.45) is 1.75. The fourth-order valence-corrected chi connectivity index (χ4v) is 4.04. The summed E-state index contributed by atoms with van der Waals surface area (Å²) in [4.78, 5) is 35.0. The van der Waals surface area contributed by atoms with Crippen molar-refractivity contribution in [3.05, 3.63) is 12.7 Å². The quantitative estimate of drug-likeness (QED) is 0.367. The zero-order chi connectivity index (χ0) is 21.8. The number of imidazole rings is 1. The van der Waals surface area contributed by atoms with Crippen molar-refractivity contribution < 1.29 is 28.5 Å². The summed E-state index contributed by atoms with van der Waals surface area (Å²) in [5, 5.41) is 11.3. The number of ether oxygens (including phenoxy) is 1. The number of carbonyl (C=O) groups excluding carboxylic acids is 1. The Bertz CT molecular complexity index is 933. The van der Waals surface area contributed by atoms with Gasteiger partial charge < -0.3 is 30.4 Å². The number of nitrogen functional groups attached to an aromatic ring is 1. The van der Waals surface area contributed by atoms with Gasteiger partial charge >= 0.3 is 19.5 Å². The molecular formula is C15H24N7O6P. The molecule has 0 amide bonds. The summed E-state index contributed by atoms with van der Waals surface area (Å²) in [7, 11) is -3.99. The van der Waals surface area contributed by atoms with Crippen LogP contribution in [-0.2, 0) is 30.0 Å². The van der Waals surface area contributed by atoms with E-state index in [1.165, 1.54) is 26.5 Å². The van der Waals surface area contributed by atoms with Gasteiger partial charge in [-0.15, -0.1) is 0 Å². The van der Waals surface area contributed by atoms with Crippen LogP contribution in [0, 0.1) is 0 Å². The second-order valence-electron chi connectivity index (χ2n) is 6.50. The maximum atomic E-state index is 13.0. The standard InChI is InChI=1S/C15H24N7O6P/c1-8(4-22-6-20-11-12(17)18-5-19-13(11)22)27-7-29(26,21-10(3)14(23)24)28-15(25)9(2)16/h5-6,8-10H,4,7,16H2,1-3H3,(H,21,26)(H,23,24)(H2,17,18,19)/t8-,9+,10+,29?/m1/s1. The Kier molecular flexibility index (Phi) is 7.25. The zero-order valence-corrected chi connectivity index (χ0v) is 17.1. The van der Waals surface area contributed by atoms with Crippen LogP contribution in [0.5, 0.6) is 0 Å². The third-order valence-electron chi connectivity index (χ3n) is 3.78. The van der Waals surface area contributed by atoms with E-state index in [9.17, 15) is 14.2 Å². The van der Waals surface area contributed by atoms with E-state index < -0.39 is 44.0 Å². The molecule has 2 aromatic rings. The molecule has 0 aromatic carbocycles. The molecule has 2 heterocycles. The van der Waals surface area contributed by atoms with Crippen LogP contribution < -0.4 is 16.6 Å². The molecule has 2 rings (SSSR count). The highest BCUT2D eigenvalue weighted by Gasteiger charge is 2.33. The second kappa shape index (κ2) is 9.27. The smallest absolute Gasteiger partial charge is 0.344 e. The predicted octanol–water partition coefficient (Wildman–Crippen LogP) is -0.0827. The molecule has 0 aliphatic rings. The van der Waals surface area contributed by atoms with Crippen molar-refractivity contribution >= 4 is 36.4 Å². The minimum Gasteiger partial charge on any atom is -0.480 e. The molecule has 160 valence electrons. The SMILES string of the molecule is C[C@H](Cn1cnc2c(N)ncnc21)OCP(=O)(N[C@@H](C)C(=O)O)OC(=O)[C@H](C)N. The summed E-state index contributed by atoms with van der Waals surface area (Å²) in [6.45, 7) is 4.58. The minimum absolute atomic E-state index is 0.237. The molecule has 4 atom stereocenters. The van der Waals surface area contributed by atoms with E-state index in [1.807, 2.05) is 0 Å². The van der Waals surface area contributed by atoms with Gasteiger partial charge in [0.1, 0.15) is 30.3 Å². The first kappa shape index (κ1) is 22.7. The first-order valence-corrected chi connectivity index (χ1v) is 10.4. The second-order valence-corrected chi connectivity index (χ2v) is 8.54. The van der Waals surface area contributed by atoms with Gasteiger partial charge in [0, 0.05) is 0 Å². The molecular weight excluding hydrogens is 405 g/mol. The van der Waals surface area contributed by atoms with Crippen molar-refractivity contribution in [2.45, 2.75) is 45.5 Å². The van der Waals surface area contributed by atoms with Crippen LogP contribution in [-0.4, -0.2) is 61.1 Å². The van der Waals surface area contributed by atoms with Gasteiger partial charge in [0.05, 0.1) is 19.0 Å². The summed E-state index contributed by atoms with van der Waals surface area (Å²) in [6, 6.07) is -2.27. The number of aromatic nitrogens is 4. The molecule has 0 saturated heterocycles. The molecule has 2 aromatic heterocycles. The molecule has 29 heavy (non-hydrogen) atoms. The Hall–Kier alpha value is -2.60. The maximum Gasteiger partial charge on any atom is 0.344 e. The summed E-state index contributed by atoms with van der Waals surface area (Å²) in [5.74, 6) is -1.97. The highest BCUT2D eigenvalue weighted by Crippen LogP contribution is 2.43. The topological polar surface area (TPSA) is 198 Å². The molecule has 0 bridgehead atoms. The monoisotopic (exact) mass is 429 g/mol. The van der Waals surface area contributed by atoms with E-state index in [-0.39, 0.29) is 12.4 Å². The van der Waals surface area contributed by atoms with Gasteiger partial charge in [0.15, 0.2) is 11.5 Å². The Labute approximate surface area is 166 Å². The largest absolute Gasteiger partial charge is 0.480 e. The number of carboxylic acids is 1. The first-order chi connectivity index (χ1) is 13.5. The summed E-state index contributed by atoms with van der Waals surface area (Å²) in [5.41, 5.74) is 12.1. The van der Waals surface area contributed by atoms with Crippen LogP contribution in [0.25, 0.3) is 11.2 Å². The van der Waals surface area contributed by atoms with Gasteiger partial charge in [-0.1, -0.05) is 0 Å². The number of hydrogen-bond acceptors (Lipinski definition) is 10. The van der Waals surface area contributed by atoms with Crippen LogP contribution in [0.2, 0.25) is 0 Å². The van der Waals surface area contributed by atoms with Crippen LogP contribution >= 0.6 is 7.52 Å². The van der Waals surface area contributed by atoms with Crippen molar-refractivity contribution in [2.24, 2.45) is 5.73 Å². The number of rotatable bonds is 10. The molecule has 14 heteroatoms. The third-order valence-corrected chi connectivity index (χ3v) is 5.53. The average molecular weight is 429 g/mol. The Balaban J connectivity index is 2.08. The van der Waals surface area contributed by atoms with Crippen LogP contribution in [0.3, 0.4) is 0 Å². The normalized spacial score (nSPS) is 16.7. The van der Waals surface area contributed by atoms with Crippen molar-refractivity contribution in [1.29, 1.82) is 0 Å². The number of nitrogens with zero attached hydrogens (tertiary/aromatic N) is 4. The zero-order valence-electron chi connectivity index (χ0n) is 16.2. The predicted molar refractivity (Wildman–Crippen MR) is 103 cm³/mol. The Morgan fingerprint density at radius 2 is 2.00 bits per heavy atom. The molecule has 0 aliphatic heterocycles. The lowest BCUT2D eigenvalue weighted by Crippen LogP contribution is -2.36. The van der Waals surface area contributed by atoms with E-state index in [0.29, 0.717) is 11.2 Å². The van der Waals surface area contributed by atoms with Gasteiger partial charge in [-0.05, 0) is 20.8 Å². The van der Waals surface area contributed by atoms with Gasteiger partial charge in [-0.25, -0.2) is 20.0 Å². The van der Waals surface area contributed by atoms with Crippen molar-refractivity contribution in [3.8, 4) is 0 Å². The molecule has 0 spiro atoms. The lowest BCUT2D eigenvalue weighted by Gasteiger charge is -2.24. The van der Waals surface area contributed by atoms with Gasteiger partial charge in [-0.3, -0.25) is 14.2 Å². The highest BCUT2D eigenvalue weighted by atomic mass is 31.2. The van der Waals surface area contributed by atoms with Crippen LogP contribution in [0.15, 0.2) is 12.7 Å². The number of hydrogen-bond donors (Lipinski definition) is 4. The molecule has 1 unspecified atom stereocenters. The van der Waals surface area contributed by atoms with E-state index in [1.54, 1.807) is 11.5 Å². The lowest BCUT2D eigenvalue weighted by molar-refractivity contribution is -0.139. The maximum absolute atomic E-state index is 13.0. The minimum atomic E-state index is -3.99. The molecule has 13 nitrogen and oxygen atoms in total. The first-order valence-electron chi connectivity index (χ1n) is 8.64. The van der Waals surface area contributed by atoms with E-state index in [2.05, 4.69) is 20.0 Å². The third kappa shape index (κ3) is 5.94. The van der Waals surface area contributed by atoms with Gasteiger partial charge in [-0.2, -0.15) is 0 Å². The van der Waals surface area contributed by atoms with Gasteiger partial charge in [0.25, 0.3) is 0 Å². The molecule has 0 aliphatic carbocycles. The fraction of sp³-hybridized carbons (Fsp3) is 0.533. The number of carbonyl (C=O) groups is 2. The highest BCUT2D eigenvalue weighted by molar-refractivity contribution is 7.57. The number of fused-ring (bicyclic) bond motifs is 1. The molecule has 0 saturated carbocycles. The molecule has 6 N–H and O–H groups in total. The van der Waals surface area contributed by atoms with Gasteiger partial charge in [0.2, 0.25) is 0 Å². The summed E-state index contributed by atoms with van der Waals surface area (Å²) < 4.78 is 25.1. The number of carboxylic acid groups (broad SMARTS) is 1.